The highest BCUT2D eigenvalue weighted by Crippen LogP contribution is 1.89. The summed E-state index contributed by atoms with van der Waals surface area (Å²) in [6.45, 7) is 15.4. The van der Waals surface area contributed by atoms with E-state index in [2.05, 4.69) is 13.8 Å². The van der Waals surface area contributed by atoms with E-state index < -0.39 is 0 Å². The summed E-state index contributed by atoms with van der Waals surface area (Å²) in [5, 5.41) is 25.1. The molecule has 0 bridgehead atoms. The molecule has 0 spiro atoms. The van der Waals surface area contributed by atoms with Gasteiger partial charge in [-0.05, 0) is 53.4 Å². The Morgan fingerprint density at radius 3 is 0.864 bits per heavy atom. The highest BCUT2D eigenvalue weighted by Gasteiger charge is 1.87. The van der Waals surface area contributed by atoms with Crippen molar-refractivity contribution in [2.45, 2.75) is 105 Å². The zero-order chi connectivity index (χ0) is 17.8. The van der Waals surface area contributed by atoms with Gasteiger partial charge in [0.25, 0.3) is 0 Å². The zero-order valence-corrected chi connectivity index (χ0v) is 17.9. The molecule has 22 heavy (non-hydrogen) atoms. The highest BCUT2D eigenvalue weighted by molar-refractivity contribution is 5.98. The van der Waals surface area contributed by atoms with Gasteiger partial charge in [0.15, 0.2) is 17.4 Å². The molecular weight excluding hydrogens is 310 g/mol. The molecule has 138 valence electrons. The molecule has 4 unspecified atom stereocenters. The van der Waals surface area contributed by atoms with Crippen molar-refractivity contribution in [3.63, 3.8) is 0 Å². The second-order valence-corrected chi connectivity index (χ2v) is 5.70. The van der Waals surface area contributed by atoms with Crippen LogP contribution in [0.2, 0.25) is 0 Å². The first-order chi connectivity index (χ1) is 9.62. The van der Waals surface area contributed by atoms with Crippen LogP contribution >= 0.6 is 0 Å². The average Bonchev–Trinajstić information content (AvgIpc) is 2.47. The summed E-state index contributed by atoms with van der Waals surface area (Å²) >= 11 is 0.882. The van der Waals surface area contributed by atoms with Gasteiger partial charge in [0.2, 0.25) is 0 Å². The molecule has 0 aliphatic heterocycles. The Morgan fingerprint density at radius 1 is 0.682 bits per heavy atom. The fourth-order valence-corrected chi connectivity index (χ4v) is 0.500. The van der Waals surface area contributed by atoms with Gasteiger partial charge in [0.1, 0.15) is 0 Å². The topological polar surface area (TPSA) is 69.9 Å². The zero-order valence-electron chi connectivity index (χ0n) is 15.9. The van der Waals surface area contributed by atoms with Crippen molar-refractivity contribution in [3.05, 3.63) is 0 Å². The van der Waals surface area contributed by atoms with Gasteiger partial charge < -0.3 is 19.1 Å². The van der Waals surface area contributed by atoms with E-state index in [0.29, 0.717) is 6.10 Å². The van der Waals surface area contributed by atoms with E-state index in [-0.39, 0.29) is 35.7 Å². The number of rotatable bonds is 5. The van der Waals surface area contributed by atoms with E-state index in [0.717, 1.165) is 42.3 Å². The minimum atomic E-state index is -0.116. The summed E-state index contributed by atoms with van der Waals surface area (Å²) in [5.74, 6) is 0. The normalized spacial score (nSPS) is 14.1. The molecule has 0 aromatic rings. The Labute approximate surface area is 158 Å². The molecule has 0 radical (unpaired) electrons. The molecule has 0 saturated heterocycles. The molecule has 0 aliphatic carbocycles. The fourth-order valence-electron chi connectivity index (χ4n) is 0.167. The second kappa shape index (κ2) is 29.9. The van der Waals surface area contributed by atoms with Gasteiger partial charge in [-0.3, -0.25) is 0 Å². The van der Waals surface area contributed by atoms with Crippen molar-refractivity contribution in [1.29, 1.82) is 0 Å². The lowest BCUT2D eigenvalue weighted by atomic mass is 10.3. The van der Waals surface area contributed by atoms with Crippen molar-refractivity contribution in [3.8, 4) is 0 Å². The molecule has 0 aromatic heterocycles. The molecule has 0 saturated carbocycles. The summed E-state index contributed by atoms with van der Waals surface area (Å²) in [7, 11) is 0. The molecular formula is C16H44Al2O4. The highest BCUT2D eigenvalue weighted by atomic mass is 27.1. The Morgan fingerprint density at radius 2 is 0.864 bits per heavy atom. The number of aliphatic hydroxyl groups excluding tert-OH is 3. The average molecular weight is 354 g/mol. The second-order valence-electron chi connectivity index (χ2n) is 5.23. The molecule has 0 amide bonds. The van der Waals surface area contributed by atoms with Gasteiger partial charge in [-0.15, -0.1) is 0 Å². The lowest BCUT2D eigenvalue weighted by Crippen LogP contribution is -2.01. The van der Waals surface area contributed by atoms with Gasteiger partial charge in [-0.1, -0.05) is 27.7 Å². The van der Waals surface area contributed by atoms with Crippen LogP contribution in [0, 0.1) is 0 Å². The maximum atomic E-state index is 8.36. The summed E-state index contributed by atoms with van der Waals surface area (Å²) in [5.41, 5.74) is 0. The monoisotopic (exact) mass is 354 g/mol. The van der Waals surface area contributed by atoms with E-state index in [1.54, 1.807) is 20.8 Å². The third kappa shape index (κ3) is 69.7. The first-order valence-corrected chi connectivity index (χ1v) is 9.01. The van der Waals surface area contributed by atoms with Crippen LogP contribution in [0.1, 0.15) is 81.1 Å². The SMILES string of the molecule is CCC(C)O.CCC(C)O.CCC(C)O.CCC(C)[O][AlH2].[AlH3]. The maximum Gasteiger partial charge on any atom is 0.410 e. The molecule has 4 nitrogen and oxygen atoms in total. The predicted octanol–water partition coefficient (Wildman–Crippen LogP) is 1.50. The van der Waals surface area contributed by atoms with E-state index in [9.17, 15) is 0 Å². The predicted molar refractivity (Wildman–Crippen MR) is 105 cm³/mol. The lowest BCUT2D eigenvalue weighted by Gasteiger charge is -2.04. The van der Waals surface area contributed by atoms with E-state index in [4.69, 9.17) is 19.1 Å². The van der Waals surface area contributed by atoms with Gasteiger partial charge in [0, 0.05) is 6.10 Å². The number of aliphatic hydroxyl groups is 3. The largest absolute Gasteiger partial charge is 0.504 e. The van der Waals surface area contributed by atoms with Crippen LogP contribution in [-0.2, 0) is 3.79 Å². The number of hydrogen-bond acceptors (Lipinski definition) is 4. The van der Waals surface area contributed by atoms with Gasteiger partial charge >= 0.3 is 16.6 Å². The molecule has 0 heterocycles. The van der Waals surface area contributed by atoms with Gasteiger partial charge in [-0.25, -0.2) is 0 Å². The molecule has 0 fully saturated rings. The molecule has 0 rings (SSSR count). The van der Waals surface area contributed by atoms with Crippen LogP contribution in [0.4, 0.5) is 0 Å². The van der Waals surface area contributed by atoms with Crippen LogP contribution in [0.15, 0.2) is 0 Å². The minimum Gasteiger partial charge on any atom is -0.504 e. The van der Waals surface area contributed by atoms with E-state index in [1.165, 1.54) is 0 Å². The smallest absolute Gasteiger partial charge is 0.410 e. The minimum absolute atomic E-state index is 0. The van der Waals surface area contributed by atoms with Gasteiger partial charge in [-0.2, -0.15) is 0 Å². The fraction of sp³-hybridized carbons (Fsp3) is 1.00. The van der Waals surface area contributed by atoms with Crippen molar-refractivity contribution in [2.24, 2.45) is 0 Å². The maximum absolute atomic E-state index is 8.36. The van der Waals surface area contributed by atoms with E-state index >= 15 is 0 Å². The third-order valence-corrected chi connectivity index (χ3v) is 3.55. The Hall–Kier alpha value is 0.905. The molecule has 3 N–H and O–H groups in total. The first-order valence-electron chi connectivity index (χ1n) is 8.19. The van der Waals surface area contributed by atoms with Crippen LogP contribution in [0.25, 0.3) is 0 Å². The molecule has 0 aliphatic rings. The summed E-state index contributed by atoms with van der Waals surface area (Å²) < 4.78 is 5.04. The lowest BCUT2D eigenvalue weighted by molar-refractivity contribution is 0.190. The quantitative estimate of drug-likeness (QED) is 0.655. The Bertz CT molecular complexity index is 134. The standard InChI is InChI=1S/3C4H10O.C4H9O.2Al.5H/c4*1-3-4(2)5;;;;;;;/h3*4-5H,3H2,1-2H3;4H,3H2,1-2H3;;;;;;;/q;;;-1;;+1;;;;;. The number of hydrogen-bond donors (Lipinski definition) is 3. The summed E-state index contributed by atoms with van der Waals surface area (Å²) in [6, 6.07) is 0. The summed E-state index contributed by atoms with van der Waals surface area (Å²) in [4.78, 5) is 0. The first kappa shape index (κ1) is 34.3. The van der Waals surface area contributed by atoms with Crippen molar-refractivity contribution < 1.29 is 19.1 Å². The molecule has 4 atom stereocenters. The van der Waals surface area contributed by atoms with E-state index in [1.807, 2.05) is 20.8 Å². The van der Waals surface area contributed by atoms with Crippen LogP contribution in [0.3, 0.4) is 0 Å². The third-order valence-electron chi connectivity index (χ3n) is 2.75. The Balaban J connectivity index is -0.0000000577. The summed E-state index contributed by atoms with van der Waals surface area (Å²) in [6.07, 6.45) is 3.88. The van der Waals surface area contributed by atoms with Crippen LogP contribution in [0.5, 0.6) is 0 Å². The van der Waals surface area contributed by atoms with Crippen molar-refractivity contribution >= 4 is 34.0 Å². The molecule has 6 heteroatoms. The van der Waals surface area contributed by atoms with Crippen LogP contribution < -0.4 is 0 Å². The molecule has 0 aromatic carbocycles. The van der Waals surface area contributed by atoms with Crippen molar-refractivity contribution in [2.75, 3.05) is 0 Å². The van der Waals surface area contributed by atoms with Crippen LogP contribution in [-0.4, -0.2) is 73.7 Å². The van der Waals surface area contributed by atoms with Crippen molar-refractivity contribution in [1.82, 2.24) is 0 Å². The Kier molecular flexibility index (Phi) is 46.5. The van der Waals surface area contributed by atoms with Gasteiger partial charge in [0.05, 0.1) is 18.3 Å².